The van der Waals surface area contributed by atoms with Crippen molar-refractivity contribution in [2.24, 2.45) is 0 Å². The maximum Gasteiger partial charge on any atom is 0.255 e. The minimum atomic E-state index is -0.260. The van der Waals surface area contributed by atoms with Crippen LogP contribution in [0.25, 0.3) is 0 Å². The number of ether oxygens (including phenoxy) is 3. The normalized spacial score (nSPS) is 10.4. The summed E-state index contributed by atoms with van der Waals surface area (Å²) in [6.45, 7) is 4.07. The molecule has 0 saturated heterocycles. The van der Waals surface area contributed by atoms with E-state index in [0.29, 0.717) is 35.1 Å². The van der Waals surface area contributed by atoms with Crippen LogP contribution in [0.15, 0.2) is 47.0 Å². The van der Waals surface area contributed by atoms with Gasteiger partial charge in [-0.25, -0.2) is 0 Å². The molecule has 0 fully saturated rings. The summed E-state index contributed by atoms with van der Waals surface area (Å²) in [5.41, 5.74) is 2.76. The Morgan fingerprint density at radius 2 is 1.75 bits per heavy atom. The van der Waals surface area contributed by atoms with Crippen molar-refractivity contribution >= 4 is 11.6 Å². The lowest BCUT2D eigenvalue weighted by atomic mass is 10.2. The molecule has 7 nitrogen and oxygen atoms in total. The molecule has 0 aliphatic heterocycles. The molecule has 1 amide bonds. The van der Waals surface area contributed by atoms with E-state index in [4.69, 9.17) is 18.7 Å². The number of aromatic nitrogens is 1. The first kappa shape index (κ1) is 19.3. The van der Waals surface area contributed by atoms with Crippen molar-refractivity contribution < 1.29 is 23.5 Å². The average Bonchev–Trinajstić information content (AvgIpc) is 3.04. The molecule has 0 unspecified atom stereocenters. The quantitative estimate of drug-likeness (QED) is 0.661. The first-order chi connectivity index (χ1) is 13.5. The lowest BCUT2D eigenvalue weighted by molar-refractivity contribution is 0.102. The molecule has 0 radical (unpaired) electrons. The Morgan fingerprint density at radius 1 is 1.04 bits per heavy atom. The predicted octanol–water partition coefficient (Wildman–Crippen LogP) is 4.14. The molecule has 1 heterocycles. The number of nitrogens with one attached hydrogen (secondary N) is 1. The maximum atomic E-state index is 12.6. The summed E-state index contributed by atoms with van der Waals surface area (Å²) >= 11 is 0. The summed E-state index contributed by atoms with van der Waals surface area (Å²) < 4.78 is 21.4. The number of carbonyl (C=O) groups excluding carboxylic acids is 1. The van der Waals surface area contributed by atoms with Crippen LogP contribution >= 0.6 is 0 Å². The third-order valence-corrected chi connectivity index (χ3v) is 4.34. The molecule has 3 aromatic rings. The summed E-state index contributed by atoms with van der Waals surface area (Å²) in [6.07, 6.45) is 0. The van der Waals surface area contributed by atoms with Crippen molar-refractivity contribution in [3.63, 3.8) is 0 Å². The topological polar surface area (TPSA) is 82.8 Å². The van der Waals surface area contributed by atoms with Crippen LogP contribution in [-0.4, -0.2) is 25.3 Å². The van der Waals surface area contributed by atoms with E-state index in [1.54, 1.807) is 56.7 Å². The zero-order valence-electron chi connectivity index (χ0n) is 16.2. The number of rotatable bonds is 7. The molecule has 2 aromatic carbocycles. The van der Waals surface area contributed by atoms with Gasteiger partial charge in [0.15, 0.2) is 0 Å². The largest absolute Gasteiger partial charge is 0.497 e. The standard InChI is InChI=1S/C21H22N2O5/c1-13-18(14(2)28-23-13)12-27-16-7-5-15(6-8-16)21(24)22-19-11-17(25-3)9-10-20(19)26-4/h5-11H,12H2,1-4H3,(H,22,24). The summed E-state index contributed by atoms with van der Waals surface area (Å²) in [5, 5.41) is 6.74. The number of benzene rings is 2. The molecule has 3 rings (SSSR count). The van der Waals surface area contributed by atoms with Gasteiger partial charge in [0, 0.05) is 11.6 Å². The molecule has 146 valence electrons. The van der Waals surface area contributed by atoms with Crippen LogP contribution in [0.4, 0.5) is 5.69 Å². The fraction of sp³-hybridized carbons (Fsp3) is 0.238. The average molecular weight is 382 g/mol. The third kappa shape index (κ3) is 4.25. The molecule has 7 heteroatoms. The monoisotopic (exact) mass is 382 g/mol. The van der Waals surface area contributed by atoms with Gasteiger partial charge in [-0.2, -0.15) is 0 Å². The number of nitrogens with zero attached hydrogens (tertiary/aromatic N) is 1. The second-order valence-electron chi connectivity index (χ2n) is 6.14. The Kier molecular flexibility index (Phi) is 5.84. The van der Waals surface area contributed by atoms with Crippen LogP contribution < -0.4 is 19.5 Å². The molecule has 0 spiro atoms. The number of hydrogen-bond donors (Lipinski definition) is 1. The zero-order chi connectivity index (χ0) is 20.1. The van der Waals surface area contributed by atoms with Crippen LogP contribution in [-0.2, 0) is 6.61 Å². The molecule has 0 saturated carbocycles. The Hall–Kier alpha value is -3.48. The maximum absolute atomic E-state index is 12.6. The molecule has 0 bridgehead atoms. The molecule has 1 N–H and O–H groups in total. The molecule has 28 heavy (non-hydrogen) atoms. The van der Waals surface area contributed by atoms with E-state index >= 15 is 0 Å². The zero-order valence-corrected chi connectivity index (χ0v) is 16.2. The summed E-state index contributed by atoms with van der Waals surface area (Å²) in [6, 6.07) is 12.1. The van der Waals surface area contributed by atoms with Gasteiger partial charge >= 0.3 is 0 Å². The number of aryl methyl sites for hydroxylation is 2. The van der Waals surface area contributed by atoms with Crippen LogP contribution in [0.3, 0.4) is 0 Å². The molecule has 0 aliphatic carbocycles. The van der Waals surface area contributed by atoms with Gasteiger partial charge in [-0.3, -0.25) is 4.79 Å². The number of anilines is 1. The van der Waals surface area contributed by atoms with Crippen molar-refractivity contribution in [1.82, 2.24) is 5.16 Å². The lowest BCUT2D eigenvalue weighted by Crippen LogP contribution is -2.12. The summed E-state index contributed by atoms with van der Waals surface area (Å²) in [4.78, 5) is 12.6. The Labute approximate surface area is 163 Å². The van der Waals surface area contributed by atoms with Crippen molar-refractivity contribution in [2.75, 3.05) is 19.5 Å². The van der Waals surface area contributed by atoms with E-state index < -0.39 is 0 Å². The third-order valence-electron chi connectivity index (χ3n) is 4.34. The first-order valence-electron chi connectivity index (χ1n) is 8.69. The van der Waals surface area contributed by atoms with Crippen molar-refractivity contribution in [1.29, 1.82) is 0 Å². The molecular weight excluding hydrogens is 360 g/mol. The van der Waals surface area contributed by atoms with Gasteiger partial charge in [-0.1, -0.05) is 5.16 Å². The van der Waals surface area contributed by atoms with Gasteiger partial charge in [0.05, 0.1) is 31.2 Å². The lowest BCUT2D eigenvalue weighted by Gasteiger charge is -2.12. The highest BCUT2D eigenvalue weighted by atomic mass is 16.5. The molecule has 1 aromatic heterocycles. The van der Waals surface area contributed by atoms with E-state index in [1.807, 2.05) is 13.8 Å². The highest BCUT2D eigenvalue weighted by Crippen LogP contribution is 2.29. The van der Waals surface area contributed by atoms with Crippen molar-refractivity contribution in [3.05, 3.63) is 65.0 Å². The first-order valence-corrected chi connectivity index (χ1v) is 8.69. The predicted molar refractivity (Wildman–Crippen MR) is 104 cm³/mol. The van der Waals surface area contributed by atoms with Gasteiger partial charge in [0.1, 0.15) is 29.6 Å². The summed E-state index contributed by atoms with van der Waals surface area (Å²) in [7, 11) is 3.11. The van der Waals surface area contributed by atoms with Crippen LogP contribution in [0.2, 0.25) is 0 Å². The van der Waals surface area contributed by atoms with Crippen LogP contribution in [0.1, 0.15) is 27.4 Å². The fourth-order valence-corrected chi connectivity index (χ4v) is 2.67. The minimum Gasteiger partial charge on any atom is -0.497 e. The van der Waals surface area contributed by atoms with E-state index in [1.165, 1.54) is 0 Å². The van der Waals surface area contributed by atoms with Gasteiger partial charge in [0.25, 0.3) is 5.91 Å². The number of hydrogen-bond acceptors (Lipinski definition) is 6. The summed E-state index contributed by atoms with van der Waals surface area (Å²) in [5.74, 6) is 2.30. The smallest absolute Gasteiger partial charge is 0.255 e. The van der Waals surface area contributed by atoms with E-state index in [0.717, 1.165) is 17.0 Å². The Balaban J connectivity index is 1.67. The van der Waals surface area contributed by atoms with E-state index in [9.17, 15) is 4.79 Å². The number of amides is 1. The van der Waals surface area contributed by atoms with E-state index in [2.05, 4.69) is 10.5 Å². The van der Waals surface area contributed by atoms with Gasteiger partial charge < -0.3 is 24.1 Å². The Morgan fingerprint density at radius 3 is 2.36 bits per heavy atom. The Bertz CT molecular complexity index is 944. The minimum absolute atomic E-state index is 0.260. The van der Waals surface area contributed by atoms with Crippen LogP contribution in [0.5, 0.6) is 17.2 Å². The highest BCUT2D eigenvalue weighted by Gasteiger charge is 2.12. The SMILES string of the molecule is COc1ccc(OC)c(NC(=O)c2ccc(OCc3c(C)noc3C)cc2)c1. The number of methoxy groups -OCH3 is 2. The van der Waals surface area contributed by atoms with Crippen LogP contribution in [0, 0.1) is 13.8 Å². The van der Waals surface area contributed by atoms with Crippen molar-refractivity contribution in [3.8, 4) is 17.2 Å². The van der Waals surface area contributed by atoms with Crippen molar-refractivity contribution in [2.45, 2.75) is 20.5 Å². The van der Waals surface area contributed by atoms with Gasteiger partial charge in [-0.15, -0.1) is 0 Å². The second-order valence-corrected chi connectivity index (χ2v) is 6.14. The number of carbonyl (C=O) groups is 1. The highest BCUT2D eigenvalue weighted by molar-refractivity contribution is 6.05. The molecule has 0 atom stereocenters. The van der Waals surface area contributed by atoms with Gasteiger partial charge in [0.2, 0.25) is 0 Å². The van der Waals surface area contributed by atoms with Gasteiger partial charge in [-0.05, 0) is 50.2 Å². The molecular formula is C21H22N2O5. The van der Waals surface area contributed by atoms with E-state index in [-0.39, 0.29) is 5.91 Å². The fourth-order valence-electron chi connectivity index (χ4n) is 2.67. The second kappa shape index (κ2) is 8.47. The molecule has 0 aliphatic rings.